The quantitative estimate of drug-likeness (QED) is 0.220. The molecular weight excluding hydrogens is 564 g/mol. The minimum atomic E-state index is -0.921. The van der Waals surface area contributed by atoms with Crippen LogP contribution in [-0.4, -0.2) is 44.7 Å². The molecule has 3 aromatic heterocycles. The molecule has 0 radical (unpaired) electrons. The number of aromatic nitrogens is 3. The van der Waals surface area contributed by atoms with Gasteiger partial charge in [0.15, 0.2) is 4.96 Å². The van der Waals surface area contributed by atoms with E-state index in [9.17, 15) is 18.4 Å². The van der Waals surface area contributed by atoms with Crippen molar-refractivity contribution >= 4 is 39.3 Å². The molecule has 5 aromatic rings. The summed E-state index contributed by atoms with van der Waals surface area (Å²) in [7, 11) is 0. The van der Waals surface area contributed by atoms with E-state index in [0.29, 0.717) is 49.3 Å². The molecule has 1 saturated heterocycles. The molecule has 41 heavy (non-hydrogen) atoms. The average Bonchev–Trinajstić information content (AvgIpc) is 3.68. The fraction of sp³-hybridized carbons (Fsp3) is 0.267. The number of thiazole rings is 2. The summed E-state index contributed by atoms with van der Waals surface area (Å²) in [5, 5.41) is 8.72. The number of piperidine rings is 1. The van der Waals surface area contributed by atoms with Gasteiger partial charge in [-0.3, -0.25) is 14.0 Å². The first kappa shape index (κ1) is 27.4. The first-order valence-corrected chi connectivity index (χ1v) is 15.0. The van der Waals surface area contributed by atoms with E-state index in [1.54, 1.807) is 48.7 Å². The first-order chi connectivity index (χ1) is 19.8. The Morgan fingerprint density at radius 3 is 2.59 bits per heavy atom. The molecule has 0 bridgehead atoms. The molecule has 4 heterocycles. The lowest BCUT2D eigenvalue weighted by Crippen LogP contribution is -2.56. The number of carbonyl (C=O) groups excluding carboxylic acids is 2. The van der Waals surface area contributed by atoms with Gasteiger partial charge in [-0.05, 0) is 62.6 Å². The van der Waals surface area contributed by atoms with Crippen molar-refractivity contribution in [1.29, 1.82) is 0 Å². The summed E-state index contributed by atoms with van der Waals surface area (Å²) in [5.41, 5.74) is 2.75. The summed E-state index contributed by atoms with van der Waals surface area (Å²) >= 11 is 2.66. The SMILES string of the molecule is Cc1ccc(-c2nc(C(=O)[C@@H](NC(=O)c3c(C)nc4sccn34)C3CCCCN3)c(-c3ccc(F)cc3)s2)cc1F. The van der Waals surface area contributed by atoms with Gasteiger partial charge < -0.3 is 10.6 Å². The van der Waals surface area contributed by atoms with Gasteiger partial charge in [0.1, 0.15) is 34.1 Å². The van der Waals surface area contributed by atoms with Crippen LogP contribution in [0.4, 0.5) is 8.78 Å². The molecule has 1 amide bonds. The van der Waals surface area contributed by atoms with Crippen molar-refractivity contribution in [3.63, 3.8) is 0 Å². The third-order valence-corrected chi connectivity index (χ3v) is 9.27. The van der Waals surface area contributed by atoms with Gasteiger partial charge >= 0.3 is 0 Å². The van der Waals surface area contributed by atoms with Crippen molar-refractivity contribution in [2.45, 2.75) is 45.2 Å². The number of rotatable bonds is 7. The number of imidazole rings is 1. The van der Waals surface area contributed by atoms with E-state index < -0.39 is 17.8 Å². The summed E-state index contributed by atoms with van der Waals surface area (Å²) in [4.78, 5) is 38.5. The van der Waals surface area contributed by atoms with E-state index in [-0.39, 0.29) is 23.3 Å². The minimum Gasteiger partial charge on any atom is -0.339 e. The summed E-state index contributed by atoms with van der Waals surface area (Å²) in [5.74, 6) is -1.55. The van der Waals surface area contributed by atoms with E-state index in [1.165, 1.54) is 40.9 Å². The van der Waals surface area contributed by atoms with Crippen LogP contribution in [0, 0.1) is 25.5 Å². The second-order valence-electron chi connectivity index (χ2n) is 10.1. The zero-order chi connectivity index (χ0) is 28.7. The van der Waals surface area contributed by atoms with Gasteiger partial charge in [-0.15, -0.1) is 22.7 Å². The first-order valence-electron chi connectivity index (χ1n) is 13.3. The maximum absolute atomic E-state index is 14.5. The van der Waals surface area contributed by atoms with Crippen molar-refractivity contribution < 1.29 is 18.4 Å². The smallest absolute Gasteiger partial charge is 0.270 e. The third-order valence-electron chi connectivity index (χ3n) is 7.36. The Bertz CT molecular complexity index is 1750. The number of nitrogens with zero attached hydrogens (tertiary/aromatic N) is 3. The highest BCUT2D eigenvalue weighted by Crippen LogP contribution is 2.37. The number of ketones is 1. The van der Waals surface area contributed by atoms with Crippen LogP contribution in [0.3, 0.4) is 0 Å². The van der Waals surface area contributed by atoms with Crippen molar-refractivity contribution in [3.8, 4) is 21.0 Å². The molecule has 210 valence electrons. The highest BCUT2D eigenvalue weighted by Gasteiger charge is 2.36. The standard InChI is InChI=1S/C30H27F2N5O2S2/c1-16-6-7-19(15-21(16)32)29-36-24(27(41-29)18-8-10-20(31)11-9-18)26(38)23(22-5-3-4-12-33-22)35-28(39)25-17(2)34-30-37(25)13-14-40-30/h6-11,13-15,22-23,33H,3-5,12H2,1-2H3,(H,35,39)/t22?,23-/m0/s1. The number of benzene rings is 2. The number of fused-ring (bicyclic) bond motifs is 1. The minimum absolute atomic E-state index is 0.154. The summed E-state index contributed by atoms with van der Waals surface area (Å²) < 4.78 is 30.0. The Labute approximate surface area is 243 Å². The van der Waals surface area contributed by atoms with Crippen LogP contribution in [0.25, 0.3) is 26.0 Å². The lowest BCUT2D eigenvalue weighted by molar-refractivity contribution is 0.0820. The fourth-order valence-corrected chi connectivity index (χ4v) is 7.00. The highest BCUT2D eigenvalue weighted by molar-refractivity contribution is 7.18. The molecule has 0 saturated carbocycles. The largest absolute Gasteiger partial charge is 0.339 e. The van der Waals surface area contributed by atoms with Crippen LogP contribution in [0.5, 0.6) is 0 Å². The van der Waals surface area contributed by atoms with Gasteiger partial charge in [-0.2, -0.15) is 0 Å². The average molecular weight is 592 g/mol. The lowest BCUT2D eigenvalue weighted by atomic mass is 9.92. The summed E-state index contributed by atoms with van der Waals surface area (Å²) in [6.45, 7) is 4.17. The molecule has 1 aliphatic heterocycles. The van der Waals surface area contributed by atoms with Crippen molar-refractivity contribution in [2.24, 2.45) is 0 Å². The highest BCUT2D eigenvalue weighted by atomic mass is 32.1. The van der Waals surface area contributed by atoms with Crippen LogP contribution >= 0.6 is 22.7 Å². The Kier molecular flexibility index (Phi) is 7.50. The van der Waals surface area contributed by atoms with E-state index in [2.05, 4.69) is 15.6 Å². The molecular formula is C30H27F2N5O2S2. The Balaban J connectivity index is 1.43. The molecule has 11 heteroatoms. The Morgan fingerprint density at radius 2 is 1.85 bits per heavy atom. The number of hydrogen-bond donors (Lipinski definition) is 2. The molecule has 7 nitrogen and oxygen atoms in total. The van der Waals surface area contributed by atoms with E-state index in [4.69, 9.17) is 4.98 Å². The van der Waals surface area contributed by atoms with Gasteiger partial charge in [-0.1, -0.05) is 30.7 Å². The number of Topliss-reactive ketones (excluding diaryl/α,β-unsaturated/α-hetero) is 1. The normalized spacial score (nSPS) is 16.1. The van der Waals surface area contributed by atoms with Gasteiger partial charge in [0.2, 0.25) is 5.78 Å². The molecule has 0 aliphatic carbocycles. The van der Waals surface area contributed by atoms with Gasteiger partial charge in [0, 0.05) is 23.2 Å². The molecule has 2 aromatic carbocycles. The number of carbonyl (C=O) groups is 2. The molecule has 2 atom stereocenters. The summed E-state index contributed by atoms with van der Waals surface area (Å²) in [6, 6.07) is 9.42. The molecule has 6 rings (SSSR count). The molecule has 2 N–H and O–H groups in total. The predicted octanol–water partition coefficient (Wildman–Crippen LogP) is 6.20. The van der Waals surface area contributed by atoms with Crippen LogP contribution in [0.2, 0.25) is 0 Å². The monoisotopic (exact) mass is 591 g/mol. The van der Waals surface area contributed by atoms with E-state index in [0.717, 1.165) is 19.4 Å². The molecule has 1 fully saturated rings. The zero-order valence-electron chi connectivity index (χ0n) is 22.4. The Hall–Kier alpha value is -3.80. The number of aryl methyl sites for hydroxylation is 2. The van der Waals surface area contributed by atoms with Crippen molar-refractivity contribution in [3.05, 3.63) is 88.3 Å². The number of halogens is 2. The third kappa shape index (κ3) is 5.32. The van der Waals surface area contributed by atoms with Gasteiger partial charge in [0.25, 0.3) is 5.91 Å². The topological polar surface area (TPSA) is 88.4 Å². The van der Waals surface area contributed by atoms with Crippen LogP contribution in [0.1, 0.15) is 51.5 Å². The number of hydrogen-bond acceptors (Lipinski definition) is 7. The second kappa shape index (κ2) is 11.2. The zero-order valence-corrected chi connectivity index (χ0v) is 24.0. The van der Waals surface area contributed by atoms with Gasteiger partial charge in [-0.25, -0.2) is 18.7 Å². The Morgan fingerprint density at radius 1 is 1.07 bits per heavy atom. The lowest BCUT2D eigenvalue weighted by Gasteiger charge is -2.31. The van der Waals surface area contributed by atoms with E-state index >= 15 is 0 Å². The maximum Gasteiger partial charge on any atom is 0.270 e. The van der Waals surface area contributed by atoms with Crippen molar-refractivity contribution in [1.82, 2.24) is 25.0 Å². The van der Waals surface area contributed by atoms with Crippen LogP contribution in [-0.2, 0) is 0 Å². The molecule has 1 aliphatic rings. The van der Waals surface area contributed by atoms with E-state index in [1.807, 2.05) is 5.38 Å². The van der Waals surface area contributed by atoms with Crippen LogP contribution < -0.4 is 10.6 Å². The maximum atomic E-state index is 14.5. The van der Waals surface area contributed by atoms with Gasteiger partial charge in [0.05, 0.1) is 10.6 Å². The fourth-order valence-electron chi connectivity index (χ4n) is 5.17. The predicted molar refractivity (Wildman–Crippen MR) is 157 cm³/mol. The number of nitrogens with one attached hydrogen (secondary N) is 2. The van der Waals surface area contributed by atoms with Crippen LogP contribution in [0.15, 0.2) is 54.0 Å². The molecule has 1 unspecified atom stereocenters. The number of amides is 1. The summed E-state index contributed by atoms with van der Waals surface area (Å²) in [6.07, 6.45) is 4.36. The molecule has 0 spiro atoms. The second-order valence-corrected chi connectivity index (χ2v) is 12.0. The van der Waals surface area contributed by atoms with Crippen molar-refractivity contribution in [2.75, 3.05) is 6.54 Å².